The molecule has 0 aliphatic carbocycles. The van der Waals surface area contributed by atoms with Gasteiger partial charge in [0.25, 0.3) is 11.9 Å². The number of likely N-dealkylation sites (N-methyl/N-ethyl adjacent to an activating group) is 1. The molecule has 2 heterocycles. The molecular formula is C25H22BrN3O4. The molecule has 8 heteroatoms. The van der Waals surface area contributed by atoms with Gasteiger partial charge >= 0.3 is 0 Å². The normalized spacial score (nSPS) is 24.0. The van der Waals surface area contributed by atoms with E-state index in [4.69, 9.17) is 4.74 Å². The van der Waals surface area contributed by atoms with Crippen LogP contribution in [-0.4, -0.2) is 35.4 Å². The zero-order valence-corrected chi connectivity index (χ0v) is 19.5. The number of rotatable bonds is 5. The van der Waals surface area contributed by atoms with Crippen molar-refractivity contribution in [1.29, 1.82) is 0 Å². The highest BCUT2D eigenvalue weighted by molar-refractivity contribution is 9.10. The first-order valence-corrected chi connectivity index (χ1v) is 11.4. The Morgan fingerprint density at radius 1 is 1.12 bits per heavy atom. The monoisotopic (exact) mass is 507 g/mol. The first-order valence-electron chi connectivity index (χ1n) is 10.6. The fraction of sp³-hybridized carbons (Fsp3) is 0.240. The van der Waals surface area contributed by atoms with Crippen LogP contribution in [0, 0.1) is 10.1 Å². The van der Waals surface area contributed by atoms with Crippen molar-refractivity contribution < 1.29 is 14.5 Å². The molecule has 1 saturated heterocycles. The highest BCUT2D eigenvalue weighted by Gasteiger charge is 2.68. The Morgan fingerprint density at radius 3 is 2.52 bits per heavy atom. The average molecular weight is 508 g/mol. The van der Waals surface area contributed by atoms with Crippen LogP contribution in [0.25, 0.3) is 0 Å². The van der Waals surface area contributed by atoms with Gasteiger partial charge in [-0.15, -0.1) is 0 Å². The van der Waals surface area contributed by atoms with E-state index in [2.05, 4.69) is 21.2 Å². The van der Waals surface area contributed by atoms with Gasteiger partial charge in [-0.2, -0.15) is 0 Å². The van der Waals surface area contributed by atoms with Gasteiger partial charge in [0.15, 0.2) is 5.54 Å². The van der Waals surface area contributed by atoms with E-state index in [9.17, 15) is 14.9 Å². The van der Waals surface area contributed by atoms with Crippen LogP contribution in [0.3, 0.4) is 0 Å². The van der Waals surface area contributed by atoms with Crippen LogP contribution in [0.2, 0.25) is 0 Å². The number of halogens is 1. The third kappa shape index (κ3) is 3.50. The summed E-state index contributed by atoms with van der Waals surface area (Å²) in [5.74, 6) is -0.100. The van der Waals surface area contributed by atoms with E-state index in [-0.39, 0.29) is 10.8 Å². The molecule has 0 unspecified atom stereocenters. The maximum absolute atomic E-state index is 13.2. The summed E-state index contributed by atoms with van der Waals surface area (Å²) in [4.78, 5) is 27.1. The number of carbonyl (C=O) groups excluding carboxylic acids is 1. The molecular weight excluding hydrogens is 486 g/mol. The number of nitrogens with zero attached hydrogens (tertiary/aromatic N) is 2. The lowest BCUT2D eigenvalue weighted by Gasteiger charge is -2.30. The van der Waals surface area contributed by atoms with Crippen LogP contribution in [0.4, 0.5) is 5.69 Å². The minimum Gasteiger partial charge on any atom is -0.489 e. The number of carbonyl (C=O) groups is 1. The number of nitrogens with one attached hydrogen (secondary N) is 1. The highest BCUT2D eigenvalue weighted by Crippen LogP contribution is 2.51. The summed E-state index contributed by atoms with van der Waals surface area (Å²) in [6.07, 6.45) is 0. The van der Waals surface area contributed by atoms with E-state index < -0.39 is 17.5 Å². The quantitative estimate of drug-likeness (QED) is 0.404. The molecule has 3 aromatic rings. The maximum atomic E-state index is 13.2. The average Bonchev–Trinajstić information content (AvgIpc) is 3.29. The van der Waals surface area contributed by atoms with Crippen molar-refractivity contribution >= 4 is 27.5 Å². The molecule has 1 fully saturated rings. The smallest absolute Gasteiger partial charge is 0.256 e. The molecule has 3 aromatic carbocycles. The molecule has 0 radical (unpaired) electrons. The highest BCUT2D eigenvalue weighted by atomic mass is 79.9. The van der Waals surface area contributed by atoms with Gasteiger partial charge in [0.2, 0.25) is 0 Å². The van der Waals surface area contributed by atoms with E-state index in [0.29, 0.717) is 30.2 Å². The van der Waals surface area contributed by atoms with Crippen molar-refractivity contribution in [2.75, 3.05) is 18.9 Å². The molecule has 5 rings (SSSR count). The van der Waals surface area contributed by atoms with Gasteiger partial charge in [0, 0.05) is 27.2 Å². The zero-order chi connectivity index (χ0) is 23.2. The number of amides is 1. The molecule has 168 valence electrons. The van der Waals surface area contributed by atoms with E-state index >= 15 is 0 Å². The number of likely N-dealkylation sites (tertiary alicyclic amines) is 1. The van der Waals surface area contributed by atoms with Gasteiger partial charge < -0.3 is 10.1 Å². The van der Waals surface area contributed by atoms with Crippen LogP contribution < -0.4 is 10.1 Å². The summed E-state index contributed by atoms with van der Waals surface area (Å²) in [6.45, 7) is 0.822. The summed E-state index contributed by atoms with van der Waals surface area (Å²) < 4.78 is 6.89. The van der Waals surface area contributed by atoms with Gasteiger partial charge in [0.05, 0.1) is 5.92 Å². The fourth-order valence-electron chi connectivity index (χ4n) is 5.14. The van der Waals surface area contributed by atoms with E-state index in [1.807, 2.05) is 71.6 Å². The lowest BCUT2D eigenvalue weighted by molar-refractivity contribution is -0.534. The number of anilines is 1. The van der Waals surface area contributed by atoms with Crippen molar-refractivity contribution in [2.45, 2.75) is 24.1 Å². The molecule has 2 aliphatic heterocycles. The van der Waals surface area contributed by atoms with Crippen molar-refractivity contribution in [3.8, 4) is 5.75 Å². The summed E-state index contributed by atoms with van der Waals surface area (Å²) in [5, 5.41) is 15.2. The second-order valence-corrected chi connectivity index (χ2v) is 9.38. The standard InChI is InChI=1S/C25H22BrN3O4/c1-28-14-20(17-8-12-19(13-9-17)33-15-16-6-10-18(26)11-7-16)23(29(31)32)25(28)21-4-2-3-5-22(21)27-24(25)30/h2-13,20,23H,14-15H2,1H3,(H,27,30)/t20-,23-,25-/m1/s1. The Morgan fingerprint density at radius 2 is 1.82 bits per heavy atom. The largest absolute Gasteiger partial charge is 0.489 e. The van der Waals surface area contributed by atoms with Crippen molar-refractivity contribution in [2.24, 2.45) is 0 Å². The minimum atomic E-state index is -1.33. The Balaban J connectivity index is 1.42. The number of benzene rings is 3. The molecule has 0 saturated carbocycles. The van der Waals surface area contributed by atoms with Gasteiger partial charge in [-0.05, 0) is 48.5 Å². The predicted octanol–water partition coefficient (Wildman–Crippen LogP) is 4.55. The van der Waals surface area contributed by atoms with Crippen LogP contribution in [-0.2, 0) is 16.9 Å². The second kappa shape index (κ2) is 8.28. The Labute approximate surface area is 199 Å². The lowest BCUT2D eigenvalue weighted by Crippen LogP contribution is -2.54. The fourth-order valence-corrected chi connectivity index (χ4v) is 5.40. The number of fused-ring (bicyclic) bond motifs is 2. The van der Waals surface area contributed by atoms with Gasteiger partial charge in [0.1, 0.15) is 12.4 Å². The van der Waals surface area contributed by atoms with Gasteiger partial charge in [-0.25, -0.2) is 0 Å². The van der Waals surface area contributed by atoms with E-state index in [0.717, 1.165) is 15.6 Å². The van der Waals surface area contributed by atoms with Crippen LogP contribution in [0.5, 0.6) is 5.75 Å². The summed E-state index contributed by atoms with van der Waals surface area (Å²) in [7, 11) is 1.79. The Bertz CT molecular complexity index is 1220. The molecule has 3 atom stereocenters. The van der Waals surface area contributed by atoms with E-state index in [1.165, 1.54) is 0 Å². The molecule has 33 heavy (non-hydrogen) atoms. The van der Waals surface area contributed by atoms with Gasteiger partial charge in [-0.1, -0.05) is 58.4 Å². The Kier molecular flexibility index (Phi) is 5.42. The molecule has 0 bridgehead atoms. The third-order valence-electron chi connectivity index (χ3n) is 6.67. The second-order valence-electron chi connectivity index (χ2n) is 8.47. The Hall–Kier alpha value is -3.23. The van der Waals surface area contributed by atoms with Gasteiger partial charge in [-0.3, -0.25) is 19.8 Å². The van der Waals surface area contributed by atoms with Crippen LogP contribution in [0.1, 0.15) is 22.6 Å². The number of ether oxygens (including phenoxy) is 1. The molecule has 0 aromatic heterocycles. The van der Waals surface area contributed by atoms with Crippen LogP contribution >= 0.6 is 15.9 Å². The first kappa shape index (κ1) is 21.6. The number of hydrogen-bond donors (Lipinski definition) is 1. The topological polar surface area (TPSA) is 84.7 Å². The lowest BCUT2D eigenvalue weighted by atomic mass is 9.79. The van der Waals surface area contributed by atoms with E-state index in [1.54, 1.807) is 13.1 Å². The van der Waals surface area contributed by atoms with Crippen LogP contribution in [0.15, 0.2) is 77.3 Å². The summed E-state index contributed by atoms with van der Waals surface area (Å²) in [5.41, 5.74) is 1.82. The van der Waals surface area contributed by atoms with Crippen molar-refractivity contribution in [3.63, 3.8) is 0 Å². The molecule has 1 N–H and O–H groups in total. The number of nitro groups is 1. The first-order chi connectivity index (χ1) is 15.9. The molecule has 1 amide bonds. The number of para-hydroxylation sites is 1. The molecule has 2 aliphatic rings. The molecule has 1 spiro atoms. The third-order valence-corrected chi connectivity index (χ3v) is 7.20. The number of hydrogen-bond acceptors (Lipinski definition) is 5. The predicted molar refractivity (Wildman–Crippen MR) is 128 cm³/mol. The zero-order valence-electron chi connectivity index (χ0n) is 17.9. The SMILES string of the molecule is CN1C[C@H](c2ccc(OCc3ccc(Br)cc3)cc2)[C@@H]([N+](=O)[O-])[C@]12C(=O)Nc1ccccc12. The van der Waals surface area contributed by atoms with Crippen molar-refractivity contribution in [1.82, 2.24) is 4.90 Å². The van der Waals surface area contributed by atoms with Crippen molar-refractivity contribution in [3.05, 3.63) is 104 Å². The minimum absolute atomic E-state index is 0.298. The maximum Gasteiger partial charge on any atom is 0.256 e. The molecule has 7 nitrogen and oxygen atoms in total. The summed E-state index contributed by atoms with van der Waals surface area (Å²) in [6, 6.07) is 21.4. The summed E-state index contributed by atoms with van der Waals surface area (Å²) >= 11 is 3.42.